The molecule has 2 atom stereocenters. The summed E-state index contributed by atoms with van der Waals surface area (Å²) in [7, 11) is 0. The standard InChI is InChI=1S/C20H29N3O2/c1-14-6-5-7-15(12-14)22-8-10-23(11-9-22)19(25)17-13-16(17)18(24)21-20(2,3)4/h5-7,12,16-17H,8-11,13H2,1-4H3,(H,21,24). The molecular weight excluding hydrogens is 314 g/mol. The number of amides is 2. The Morgan fingerprint density at radius 2 is 1.76 bits per heavy atom. The number of rotatable bonds is 3. The average Bonchev–Trinajstić information content (AvgIpc) is 3.33. The average molecular weight is 343 g/mol. The van der Waals surface area contributed by atoms with Gasteiger partial charge in [0.1, 0.15) is 0 Å². The Kier molecular flexibility index (Phi) is 4.76. The van der Waals surface area contributed by atoms with Crippen LogP contribution in [0.2, 0.25) is 0 Å². The van der Waals surface area contributed by atoms with Crippen LogP contribution in [0.15, 0.2) is 24.3 Å². The van der Waals surface area contributed by atoms with E-state index < -0.39 is 0 Å². The number of hydrogen-bond acceptors (Lipinski definition) is 3. The molecule has 1 aliphatic carbocycles. The second kappa shape index (κ2) is 6.70. The Bertz CT molecular complexity index is 657. The van der Waals surface area contributed by atoms with Crippen molar-refractivity contribution in [3.8, 4) is 0 Å². The topological polar surface area (TPSA) is 52.7 Å². The lowest BCUT2D eigenvalue weighted by Gasteiger charge is -2.36. The van der Waals surface area contributed by atoms with Crippen LogP contribution in [0.4, 0.5) is 5.69 Å². The van der Waals surface area contributed by atoms with Crippen molar-refractivity contribution in [2.75, 3.05) is 31.1 Å². The predicted octanol–water partition coefficient (Wildman–Crippen LogP) is 2.19. The van der Waals surface area contributed by atoms with E-state index in [1.54, 1.807) is 0 Å². The summed E-state index contributed by atoms with van der Waals surface area (Å²) in [6.45, 7) is 11.2. The fraction of sp³-hybridized carbons (Fsp3) is 0.600. The molecule has 0 spiro atoms. The molecule has 2 unspecified atom stereocenters. The maximum absolute atomic E-state index is 12.7. The van der Waals surface area contributed by atoms with Crippen LogP contribution in [0, 0.1) is 18.8 Å². The predicted molar refractivity (Wildman–Crippen MR) is 99.5 cm³/mol. The third-order valence-corrected chi connectivity index (χ3v) is 4.90. The zero-order chi connectivity index (χ0) is 18.2. The zero-order valence-corrected chi connectivity index (χ0v) is 15.7. The van der Waals surface area contributed by atoms with Crippen molar-refractivity contribution in [1.29, 1.82) is 0 Å². The van der Waals surface area contributed by atoms with Crippen LogP contribution in [0.25, 0.3) is 0 Å². The number of nitrogens with zero attached hydrogens (tertiary/aromatic N) is 2. The zero-order valence-electron chi connectivity index (χ0n) is 15.7. The fourth-order valence-electron chi connectivity index (χ4n) is 3.46. The number of benzene rings is 1. The maximum atomic E-state index is 12.7. The van der Waals surface area contributed by atoms with Crippen LogP contribution in [-0.2, 0) is 9.59 Å². The summed E-state index contributed by atoms with van der Waals surface area (Å²) in [5, 5.41) is 2.98. The first kappa shape index (κ1) is 17.8. The number of hydrogen-bond donors (Lipinski definition) is 1. The Morgan fingerprint density at radius 1 is 1.08 bits per heavy atom. The summed E-state index contributed by atoms with van der Waals surface area (Å²) >= 11 is 0. The second-order valence-corrected chi connectivity index (χ2v) is 8.34. The highest BCUT2D eigenvalue weighted by molar-refractivity contribution is 5.92. The molecule has 1 heterocycles. The van der Waals surface area contributed by atoms with Crippen LogP contribution in [0.1, 0.15) is 32.8 Å². The highest BCUT2D eigenvalue weighted by atomic mass is 16.2. The molecule has 1 saturated heterocycles. The first-order valence-corrected chi connectivity index (χ1v) is 9.17. The summed E-state index contributed by atoms with van der Waals surface area (Å²) in [6, 6.07) is 8.48. The van der Waals surface area contributed by atoms with Crippen molar-refractivity contribution in [2.45, 2.75) is 39.7 Å². The van der Waals surface area contributed by atoms with Gasteiger partial charge in [0.25, 0.3) is 0 Å². The molecular formula is C20H29N3O2. The van der Waals surface area contributed by atoms with Crippen LogP contribution in [0.3, 0.4) is 0 Å². The van der Waals surface area contributed by atoms with E-state index in [9.17, 15) is 9.59 Å². The Hall–Kier alpha value is -2.04. The summed E-state index contributed by atoms with van der Waals surface area (Å²) < 4.78 is 0. The maximum Gasteiger partial charge on any atom is 0.226 e. The molecule has 1 aliphatic heterocycles. The number of piperazine rings is 1. The normalized spacial score (nSPS) is 23.4. The van der Waals surface area contributed by atoms with Gasteiger partial charge in [0.2, 0.25) is 11.8 Å². The van der Waals surface area contributed by atoms with Gasteiger partial charge in [-0.15, -0.1) is 0 Å². The smallest absolute Gasteiger partial charge is 0.226 e. The van der Waals surface area contributed by atoms with Crippen LogP contribution < -0.4 is 10.2 Å². The molecule has 136 valence electrons. The highest BCUT2D eigenvalue weighted by Crippen LogP contribution is 2.40. The highest BCUT2D eigenvalue weighted by Gasteiger charge is 2.50. The van der Waals surface area contributed by atoms with Gasteiger partial charge in [-0.25, -0.2) is 0 Å². The van der Waals surface area contributed by atoms with E-state index in [0.717, 1.165) is 26.2 Å². The quantitative estimate of drug-likeness (QED) is 0.915. The van der Waals surface area contributed by atoms with Gasteiger partial charge in [-0.3, -0.25) is 9.59 Å². The molecule has 0 bridgehead atoms. The number of carbonyl (C=O) groups is 2. The number of nitrogens with one attached hydrogen (secondary N) is 1. The van der Waals surface area contributed by atoms with Gasteiger partial charge in [0.05, 0.1) is 11.8 Å². The summed E-state index contributed by atoms with van der Waals surface area (Å²) in [5.74, 6) is -0.0865. The number of aryl methyl sites for hydroxylation is 1. The Labute approximate surface area is 150 Å². The van der Waals surface area contributed by atoms with Gasteiger partial charge in [0.15, 0.2) is 0 Å². The van der Waals surface area contributed by atoms with Crippen molar-refractivity contribution < 1.29 is 9.59 Å². The summed E-state index contributed by atoms with van der Waals surface area (Å²) in [5.41, 5.74) is 2.23. The largest absolute Gasteiger partial charge is 0.368 e. The van der Waals surface area contributed by atoms with E-state index in [0.29, 0.717) is 6.42 Å². The van der Waals surface area contributed by atoms with Crippen molar-refractivity contribution in [3.63, 3.8) is 0 Å². The molecule has 2 amide bonds. The Balaban J connectivity index is 1.50. The van der Waals surface area contributed by atoms with Gasteiger partial charge >= 0.3 is 0 Å². The van der Waals surface area contributed by atoms with E-state index >= 15 is 0 Å². The van der Waals surface area contributed by atoms with Gasteiger partial charge in [-0.05, 0) is 51.8 Å². The van der Waals surface area contributed by atoms with Gasteiger partial charge in [0, 0.05) is 37.4 Å². The van der Waals surface area contributed by atoms with Crippen LogP contribution in [-0.4, -0.2) is 48.4 Å². The molecule has 1 saturated carbocycles. The van der Waals surface area contributed by atoms with Crippen molar-refractivity contribution in [3.05, 3.63) is 29.8 Å². The van der Waals surface area contributed by atoms with E-state index in [1.165, 1.54) is 11.3 Å². The first-order chi connectivity index (χ1) is 11.7. The van der Waals surface area contributed by atoms with Crippen molar-refractivity contribution >= 4 is 17.5 Å². The Morgan fingerprint density at radius 3 is 2.36 bits per heavy atom. The van der Waals surface area contributed by atoms with Crippen LogP contribution >= 0.6 is 0 Å². The molecule has 5 nitrogen and oxygen atoms in total. The lowest BCUT2D eigenvalue weighted by molar-refractivity contribution is -0.135. The van der Waals surface area contributed by atoms with E-state index in [2.05, 4.69) is 41.4 Å². The third-order valence-electron chi connectivity index (χ3n) is 4.90. The molecule has 1 aromatic rings. The third kappa shape index (κ3) is 4.33. The molecule has 5 heteroatoms. The van der Waals surface area contributed by atoms with Gasteiger partial charge in [-0.1, -0.05) is 12.1 Å². The molecule has 1 aromatic carbocycles. The minimum atomic E-state index is -0.243. The minimum Gasteiger partial charge on any atom is -0.368 e. The van der Waals surface area contributed by atoms with Gasteiger partial charge in [-0.2, -0.15) is 0 Å². The lowest BCUT2D eigenvalue weighted by atomic mass is 10.1. The molecule has 2 fully saturated rings. The summed E-state index contributed by atoms with van der Waals surface area (Å²) in [6.07, 6.45) is 0.693. The van der Waals surface area contributed by atoms with Crippen molar-refractivity contribution in [2.24, 2.45) is 11.8 Å². The molecule has 25 heavy (non-hydrogen) atoms. The fourth-order valence-corrected chi connectivity index (χ4v) is 3.46. The first-order valence-electron chi connectivity index (χ1n) is 9.17. The lowest BCUT2D eigenvalue weighted by Crippen LogP contribution is -2.49. The number of anilines is 1. The van der Waals surface area contributed by atoms with Crippen LogP contribution in [0.5, 0.6) is 0 Å². The monoisotopic (exact) mass is 343 g/mol. The molecule has 3 rings (SSSR count). The van der Waals surface area contributed by atoms with E-state index in [4.69, 9.17) is 0 Å². The number of carbonyl (C=O) groups excluding carboxylic acids is 2. The minimum absolute atomic E-state index is 0.0178. The second-order valence-electron chi connectivity index (χ2n) is 8.34. The SMILES string of the molecule is Cc1cccc(N2CCN(C(=O)C3CC3C(=O)NC(C)(C)C)CC2)c1. The van der Waals surface area contributed by atoms with Crippen molar-refractivity contribution in [1.82, 2.24) is 10.2 Å². The molecule has 0 aromatic heterocycles. The van der Waals surface area contributed by atoms with Gasteiger partial charge < -0.3 is 15.1 Å². The summed E-state index contributed by atoms with van der Waals surface area (Å²) in [4.78, 5) is 29.1. The molecule has 2 aliphatic rings. The van der Waals surface area contributed by atoms with E-state index in [-0.39, 0.29) is 29.2 Å². The molecule has 0 radical (unpaired) electrons. The molecule has 1 N–H and O–H groups in total. The van der Waals surface area contributed by atoms with E-state index in [1.807, 2.05) is 25.7 Å².